The molecular formula is C44H56Cl4N4O10PS+. The number of halogens is 4. The molecule has 350 valence electrons. The number of rotatable bonds is 17. The van der Waals surface area contributed by atoms with Gasteiger partial charge in [-0.1, -0.05) is 134 Å². The molecule has 4 aromatic rings. The van der Waals surface area contributed by atoms with Gasteiger partial charge in [-0.25, -0.2) is 4.79 Å². The van der Waals surface area contributed by atoms with Crippen LogP contribution in [-0.2, 0) is 28.7 Å². The Kier molecular flexibility index (Phi) is 20.7. The van der Waals surface area contributed by atoms with Crippen molar-refractivity contribution in [2.45, 2.75) is 79.8 Å². The van der Waals surface area contributed by atoms with Crippen molar-refractivity contribution in [1.29, 1.82) is 0 Å². The predicted octanol–water partition coefficient (Wildman–Crippen LogP) is 8.98. The molecule has 0 spiro atoms. The third-order valence-electron chi connectivity index (χ3n) is 10.7. The van der Waals surface area contributed by atoms with Crippen LogP contribution < -0.4 is 25.8 Å². The molecule has 3 heterocycles. The van der Waals surface area contributed by atoms with Gasteiger partial charge in [-0.2, -0.15) is 4.98 Å². The number of aromatic nitrogens is 2. The van der Waals surface area contributed by atoms with E-state index in [-0.39, 0.29) is 17.5 Å². The number of anilines is 1. The highest BCUT2D eigenvalue weighted by Crippen LogP contribution is 2.42. The molecule has 4 N–H and O–H groups in total. The lowest BCUT2D eigenvalue weighted by Crippen LogP contribution is -2.46. The number of ether oxygens (including phenoxy) is 3. The SMILES string of the molecule is C1CCNC1.CCC(C)(C)C(=O)SCCO[P+](=O)OC[C@H]1O[C@@H](n2ccc(NC(c3ccccc3)(c3ccc(OC)cc3)c3ccc(OC)cc3)nc2=O)C(C)(O)[C@H]1O.ClC(Cl)(Cl)Cl. The average molecular weight is 1010 g/mol. The van der Waals surface area contributed by atoms with Crippen molar-refractivity contribution in [2.75, 3.05) is 51.6 Å². The predicted molar refractivity (Wildman–Crippen MR) is 254 cm³/mol. The van der Waals surface area contributed by atoms with E-state index in [4.69, 9.17) is 69.7 Å². The number of methoxy groups -OCH3 is 2. The normalized spacial score (nSPS) is 20.0. The molecule has 64 heavy (non-hydrogen) atoms. The summed E-state index contributed by atoms with van der Waals surface area (Å²) in [6, 6.07) is 26.5. The summed E-state index contributed by atoms with van der Waals surface area (Å²) in [4.78, 5) is 30.4. The Bertz CT molecular complexity index is 2080. The molecule has 0 saturated carbocycles. The first-order valence-corrected chi connectivity index (χ1v) is 24.0. The molecule has 2 unspecified atom stereocenters. The van der Waals surface area contributed by atoms with Crippen LogP contribution in [0, 0.1) is 5.41 Å². The minimum atomic E-state index is -2.62. The molecule has 6 rings (SSSR count). The number of nitrogens with zero attached hydrogens (tertiary/aromatic N) is 2. The monoisotopic (exact) mass is 1000 g/mol. The molecule has 1 aromatic heterocycles. The van der Waals surface area contributed by atoms with Gasteiger partial charge in [0.05, 0.1) is 14.2 Å². The van der Waals surface area contributed by atoms with Crippen LogP contribution in [0.3, 0.4) is 0 Å². The van der Waals surface area contributed by atoms with Crippen LogP contribution in [0.4, 0.5) is 5.82 Å². The summed E-state index contributed by atoms with van der Waals surface area (Å²) in [5.41, 5.74) is -1.74. The minimum Gasteiger partial charge on any atom is -0.497 e. The van der Waals surface area contributed by atoms with Gasteiger partial charge in [0.25, 0.3) is 3.25 Å². The summed E-state index contributed by atoms with van der Waals surface area (Å²) in [6.45, 7) is 9.10. The minimum absolute atomic E-state index is 0.00373. The summed E-state index contributed by atoms with van der Waals surface area (Å²) in [6.07, 6.45) is 0.858. The third-order valence-corrected chi connectivity index (χ3v) is 12.6. The lowest BCUT2D eigenvalue weighted by molar-refractivity contribution is -0.118. The fourth-order valence-electron chi connectivity index (χ4n) is 6.70. The maximum atomic E-state index is 13.7. The zero-order valence-electron chi connectivity index (χ0n) is 36.5. The lowest BCUT2D eigenvalue weighted by atomic mass is 9.77. The highest BCUT2D eigenvalue weighted by Gasteiger charge is 2.54. The van der Waals surface area contributed by atoms with Gasteiger partial charge in [-0.15, -0.1) is 9.05 Å². The number of aliphatic hydroxyl groups excluding tert-OH is 1. The maximum absolute atomic E-state index is 13.7. The quantitative estimate of drug-likeness (QED) is 0.0341. The second-order valence-electron chi connectivity index (χ2n) is 15.5. The van der Waals surface area contributed by atoms with Crippen LogP contribution in [-0.4, -0.2) is 92.2 Å². The largest absolute Gasteiger partial charge is 0.697 e. The van der Waals surface area contributed by atoms with Crippen LogP contribution in [0.25, 0.3) is 0 Å². The van der Waals surface area contributed by atoms with Crippen molar-refractivity contribution in [3.63, 3.8) is 0 Å². The number of hydrogen-bond acceptors (Lipinski definition) is 14. The van der Waals surface area contributed by atoms with Gasteiger partial charge in [0, 0.05) is 21.9 Å². The molecule has 0 aliphatic carbocycles. The molecule has 3 aromatic carbocycles. The number of hydrogen-bond donors (Lipinski definition) is 4. The van der Waals surface area contributed by atoms with Crippen molar-refractivity contribution < 1.29 is 42.8 Å². The van der Waals surface area contributed by atoms with Crippen LogP contribution in [0.2, 0.25) is 0 Å². The van der Waals surface area contributed by atoms with E-state index in [1.165, 1.54) is 39.1 Å². The Balaban J connectivity index is 0.000000798. The van der Waals surface area contributed by atoms with E-state index >= 15 is 0 Å². The van der Waals surface area contributed by atoms with Gasteiger partial charge in [0.15, 0.2) is 11.3 Å². The molecule has 2 aliphatic rings. The van der Waals surface area contributed by atoms with E-state index in [0.717, 1.165) is 33.0 Å². The summed E-state index contributed by atoms with van der Waals surface area (Å²) < 4.78 is 39.2. The number of carbonyl (C=O) groups is 1. The second kappa shape index (κ2) is 24.7. The number of benzene rings is 3. The Hall–Kier alpha value is -3.02. The Labute approximate surface area is 399 Å². The zero-order chi connectivity index (χ0) is 47.1. The lowest BCUT2D eigenvalue weighted by Gasteiger charge is -2.37. The number of aliphatic hydroxyl groups is 2. The molecule has 0 radical (unpaired) electrons. The fourth-order valence-corrected chi connectivity index (χ4v) is 8.29. The number of alkyl halides is 4. The van der Waals surface area contributed by atoms with Gasteiger partial charge in [-0.3, -0.25) is 9.36 Å². The molecule has 2 aliphatic heterocycles. The number of thioether (sulfide) groups is 1. The Morgan fingerprint density at radius 1 is 0.938 bits per heavy atom. The van der Waals surface area contributed by atoms with E-state index in [1.54, 1.807) is 20.3 Å². The third kappa shape index (κ3) is 15.0. The van der Waals surface area contributed by atoms with Gasteiger partial charge in [0.2, 0.25) is 0 Å². The van der Waals surface area contributed by atoms with Crippen LogP contribution >= 0.6 is 66.4 Å². The van der Waals surface area contributed by atoms with Crippen LogP contribution in [0.15, 0.2) is 95.9 Å². The smallest absolute Gasteiger partial charge is 0.497 e. The van der Waals surface area contributed by atoms with E-state index in [2.05, 4.69) is 15.6 Å². The molecular weight excluding hydrogens is 949 g/mol. The van der Waals surface area contributed by atoms with Crippen molar-refractivity contribution >= 4 is 77.4 Å². The second-order valence-corrected chi connectivity index (χ2v) is 21.0. The molecule has 5 atom stereocenters. The Morgan fingerprint density at radius 3 is 1.94 bits per heavy atom. The van der Waals surface area contributed by atoms with Gasteiger partial charge in [-0.05, 0) is 86.3 Å². The van der Waals surface area contributed by atoms with Gasteiger partial charge >= 0.3 is 13.9 Å². The highest BCUT2D eigenvalue weighted by atomic mass is 35.6. The first-order valence-electron chi connectivity index (χ1n) is 20.4. The topological polar surface area (TPSA) is 180 Å². The first-order chi connectivity index (χ1) is 30.3. The van der Waals surface area contributed by atoms with Gasteiger partial charge < -0.3 is 35.1 Å². The van der Waals surface area contributed by atoms with Crippen LogP contribution in [0.5, 0.6) is 11.5 Å². The van der Waals surface area contributed by atoms with Crippen molar-refractivity contribution in [3.8, 4) is 11.5 Å². The summed E-state index contributed by atoms with van der Waals surface area (Å²) in [5.74, 6) is 1.85. The summed E-state index contributed by atoms with van der Waals surface area (Å²) in [5, 5.41) is 29.1. The molecule has 20 heteroatoms. The number of carbonyl (C=O) groups excluding carboxylic acids is 1. The number of nitrogens with one attached hydrogen (secondary N) is 2. The Morgan fingerprint density at radius 2 is 1.47 bits per heavy atom. The molecule has 2 saturated heterocycles. The summed E-state index contributed by atoms with van der Waals surface area (Å²) >= 11 is 20.4. The molecule has 0 amide bonds. The maximum Gasteiger partial charge on any atom is 0.697 e. The van der Waals surface area contributed by atoms with Crippen molar-refractivity contribution in [3.05, 3.63) is 118 Å². The van der Waals surface area contributed by atoms with Crippen molar-refractivity contribution in [1.82, 2.24) is 14.9 Å². The van der Waals surface area contributed by atoms with E-state index < -0.39 is 58.8 Å². The zero-order valence-corrected chi connectivity index (χ0v) is 41.2. The molecule has 0 bridgehead atoms. The van der Waals surface area contributed by atoms with E-state index in [0.29, 0.717) is 23.7 Å². The summed E-state index contributed by atoms with van der Waals surface area (Å²) in [7, 11) is 0.573. The average Bonchev–Trinajstić information content (AvgIpc) is 3.94. The van der Waals surface area contributed by atoms with E-state index in [9.17, 15) is 24.4 Å². The highest BCUT2D eigenvalue weighted by molar-refractivity contribution is 8.13. The first kappa shape index (κ1) is 53.6. The fraction of sp³-hybridized carbons (Fsp3) is 0.477. The van der Waals surface area contributed by atoms with Gasteiger partial charge in [0.1, 0.15) is 53.9 Å². The van der Waals surface area contributed by atoms with E-state index in [1.807, 2.05) is 99.6 Å². The van der Waals surface area contributed by atoms with Crippen LogP contribution in [0.1, 0.15) is 69.9 Å². The van der Waals surface area contributed by atoms with Crippen molar-refractivity contribution in [2.24, 2.45) is 5.41 Å². The standard InChI is InChI=1S/C39H46N3O10PS.C4H9N.CCl4/c1-7-37(2,3)35(44)54-24-23-50-53(47)51-25-31-33(43)38(4,46)34(52-31)42-22-21-32(40-36(42)45)41-39(26-11-9-8-10-12-26,27-13-17-29(48-5)18-14-27)28-15-19-30(49-6)20-16-28;1-2-4-5-3-1;2-1(3,4)5/h8-22,31,33-34,43,46H,7,23-25H2,1-6H3;5H,1-4H2;/p+1/t31-,33+,34-,38?;;/m1../s1. The molecule has 2 fully saturated rings. The molecule has 14 nitrogen and oxygen atoms in total.